The Balaban J connectivity index is 1.92. The van der Waals surface area contributed by atoms with Crippen molar-refractivity contribution in [3.63, 3.8) is 0 Å². The lowest BCUT2D eigenvalue weighted by atomic mass is 9.77. The smallest absolute Gasteiger partial charge is 0.308 e. The zero-order valence-electron chi connectivity index (χ0n) is 21.8. The molecule has 1 aromatic rings. The van der Waals surface area contributed by atoms with Crippen LogP contribution in [-0.4, -0.2) is 72.2 Å². The summed E-state index contributed by atoms with van der Waals surface area (Å²) in [6.07, 6.45) is 7.60. The summed E-state index contributed by atoms with van der Waals surface area (Å²) in [6, 6.07) is 5.84. The molecular weight excluding hydrogens is 442 g/mol. The lowest BCUT2D eigenvalue weighted by Crippen LogP contribution is -2.46. The maximum absolute atomic E-state index is 13.4. The van der Waals surface area contributed by atoms with Gasteiger partial charge < -0.3 is 20.5 Å². The van der Waals surface area contributed by atoms with Gasteiger partial charge in [-0.25, -0.2) is 0 Å². The average molecular weight is 486 g/mol. The zero-order valence-corrected chi connectivity index (χ0v) is 21.8. The first-order valence-corrected chi connectivity index (χ1v) is 13.0. The fraction of sp³-hybridized carbons (Fsp3) is 0.643. The minimum Gasteiger partial charge on any atom is -0.493 e. The highest BCUT2D eigenvalue weighted by atomic mass is 16.5. The lowest BCUT2D eigenvalue weighted by molar-refractivity contribution is -0.144. The molecule has 0 saturated carbocycles. The van der Waals surface area contributed by atoms with E-state index in [0.29, 0.717) is 39.2 Å². The molecule has 1 saturated heterocycles. The topological polar surface area (TPSA) is 96.1 Å². The van der Waals surface area contributed by atoms with Crippen LogP contribution in [-0.2, 0) is 16.0 Å². The molecule has 1 aromatic carbocycles. The van der Waals surface area contributed by atoms with E-state index in [1.165, 1.54) is 0 Å². The van der Waals surface area contributed by atoms with E-state index in [9.17, 15) is 14.7 Å². The van der Waals surface area contributed by atoms with E-state index < -0.39 is 11.9 Å². The van der Waals surface area contributed by atoms with Crippen LogP contribution in [0.3, 0.4) is 0 Å². The van der Waals surface area contributed by atoms with Crippen LogP contribution in [0.2, 0.25) is 0 Å². The molecule has 194 valence electrons. The number of carboxylic acids is 1. The highest BCUT2D eigenvalue weighted by Gasteiger charge is 2.48. The van der Waals surface area contributed by atoms with Gasteiger partial charge in [-0.15, -0.1) is 0 Å². The Labute approximate surface area is 210 Å². The molecule has 2 heterocycles. The second kappa shape index (κ2) is 12.0. The summed E-state index contributed by atoms with van der Waals surface area (Å²) in [5.74, 6) is -0.648. The monoisotopic (exact) mass is 485 g/mol. The molecule has 0 bridgehead atoms. The number of ether oxygens (including phenoxy) is 1. The summed E-state index contributed by atoms with van der Waals surface area (Å²) in [7, 11) is 0. The van der Waals surface area contributed by atoms with Crippen molar-refractivity contribution in [2.75, 3.05) is 39.3 Å². The van der Waals surface area contributed by atoms with E-state index in [4.69, 9.17) is 10.5 Å². The molecule has 0 aliphatic carbocycles. The van der Waals surface area contributed by atoms with Gasteiger partial charge in [0.2, 0.25) is 5.91 Å². The van der Waals surface area contributed by atoms with E-state index in [0.717, 1.165) is 36.1 Å². The number of fused-ring (bicyclic) bond motifs is 1. The summed E-state index contributed by atoms with van der Waals surface area (Å²) in [5, 5.41) is 10.4. The number of benzene rings is 1. The first kappa shape index (κ1) is 27.2. The Bertz CT molecular complexity index is 913. The molecule has 3 atom stereocenters. The maximum atomic E-state index is 13.4. The number of carbonyl (C=O) groups excluding carboxylic acids is 1. The van der Waals surface area contributed by atoms with Gasteiger partial charge in [0.1, 0.15) is 5.75 Å². The van der Waals surface area contributed by atoms with E-state index in [1.54, 1.807) is 0 Å². The first-order chi connectivity index (χ1) is 16.7. The number of amides is 1. The predicted molar refractivity (Wildman–Crippen MR) is 139 cm³/mol. The van der Waals surface area contributed by atoms with Gasteiger partial charge in [-0.3, -0.25) is 14.5 Å². The Morgan fingerprint density at radius 1 is 1.31 bits per heavy atom. The quantitative estimate of drug-likeness (QED) is 0.439. The van der Waals surface area contributed by atoms with E-state index in [1.807, 2.05) is 30.0 Å². The molecule has 1 fully saturated rings. The summed E-state index contributed by atoms with van der Waals surface area (Å²) in [6.45, 7) is 11.4. The van der Waals surface area contributed by atoms with Crippen LogP contribution in [0.25, 0.3) is 0 Å². The van der Waals surface area contributed by atoms with Crippen molar-refractivity contribution in [2.24, 2.45) is 17.1 Å². The standard InChI is InChI=1S/C28H43N3O4/c1-5-7-13-30(14-12-29)25(32)19-31-18-22(20-8-9-24-21(16-20)10-15-35-24)26(27(33)34)23(31)17-28(3,4)11-6-2/h6,8-9,11,16,22-23,26H,5,7,10,12-15,17-19,29H2,1-4H3,(H,33,34)/b11-6+/t22-,23+,26-/m1/s1. The third-order valence-corrected chi connectivity index (χ3v) is 7.40. The fourth-order valence-electron chi connectivity index (χ4n) is 5.72. The number of hydrogen-bond acceptors (Lipinski definition) is 5. The number of carboxylic acid groups (broad SMARTS) is 1. The summed E-state index contributed by atoms with van der Waals surface area (Å²) in [5.41, 5.74) is 7.77. The van der Waals surface area contributed by atoms with E-state index >= 15 is 0 Å². The Morgan fingerprint density at radius 3 is 2.74 bits per heavy atom. The number of hydrogen-bond donors (Lipinski definition) is 2. The summed E-state index contributed by atoms with van der Waals surface area (Å²) in [4.78, 5) is 30.0. The second-order valence-corrected chi connectivity index (χ2v) is 10.6. The molecule has 7 heteroatoms. The first-order valence-electron chi connectivity index (χ1n) is 13.0. The van der Waals surface area contributed by atoms with Crippen molar-refractivity contribution in [1.82, 2.24) is 9.80 Å². The minimum absolute atomic E-state index is 0.0323. The van der Waals surface area contributed by atoms with Crippen LogP contribution in [0.1, 0.15) is 64.0 Å². The largest absolute Gasteiger partial charge is 0.493 e. The molecular formula is C28H43N3O4. The van der Waals surface area contributed by atoms with E-state index in [2.05, 4.69) is 37.8 Å². The molecule has 0 aromatic heterocycles. The lowest BCUT2D eigenvalue weighted by Gasteiger charge is -2.34. The number of likely N-dealkylation sites (tertiary alicyclic amines) is 1. The molecule has 7 nitrogen and oxygen atoms in total. The maximum Gasteiger partial charge on any atom is 0.308 e. The van der Waals surface area contributed by atoms with Crippen LogP contribution < -0.4 is 10.5 Å². The average Bonchev–Trinajstić information content (AvgIpc) is 3.40. The van der Waals surface area contributed by atoms with Gasteiger partial charge in [0, 0.05) is 44.6 Å². The van der Waals surface area contributed by atoms with Gasteiger partial charge in [0.05, 0.1) is 19.1 Å². The van der Waals surface area contributed by atoms with Crippen LogP contribution in [0.4, 0.5) is 0 Å². The molecule has 2 aliphatic heterocycles. The number of nitrogens with zero attached hydrogens (tertiary/aromatic N) is 2. The van der Waals surface area contributed by atoms with Crippen molar-refractivity contribution in [3.05, 3.63) is 41.5 Å². The highest BCUT2D eigenvalue weighted by molar-refractivity contribution is 5.79. The number of nitrogens with two attached hydrogens (primary N) is 1. The van der Waals surface area contributed by atoms with Gasteiger partial charge in [0.25, 0.3) is 0 Å². The predicted octanol–water partition coefficient (Wildman–Crippen LogP) is 3.67. The summed E-state index contributed by atoms with van der Waals surface area (Å²) >= 11 is 0. The van der Waals surface area contributed by atoms with Crippen LogP contribution >= 0.6 is 0 Å². The van der Waals surface area contributed by atoms with Crippen molar-refractivity contribution >= 4 is 11.9 Å². The van der Waals surface area contributed by atoms with Crippen molar-refractivity contribution in [3.8, 4) is 5.75 Å². The molecule has 2 aliphatic rings. The molecule has 3 rings (SSSR count). The molecule has 0 spiro atoms. The molecule has 3 N–H and O–H groups in total. The zero-order chi connectivity index (χ0) is 25.6. The van der Waals surface area contributed by atoms with Crippen LogP contribution in [0, 0.1) is 11.3 Å². The van der Waals surface area contributed by atoms with Gasteiger partial charge in [-0.2, -0.15) is 0 Å². The number of aliphatic carboxylic acids is 1. The summed E-state index contributed by atoms with van der Waals surface area (Å²) < 4.78 is 5.66. The third kappa shape index (κ3) is 6.64. The molecule has 1 amide bonds. The Hall–Kier alpha value is -2.38. The number of rotatable bonds is 12. The van der Waals surface area contributed by atoms with E-state index in [-0.39, 0.29) is 29.8 Å². The Morgan fingerprint density at radius 2 is 2.09 bits per heavy atom. The van der Waals surface area contributed by atoms with Crippen LogP contribution in [0.5, 0.6) is 5.75 Å². The van der Waals surface area contributed by atoms with Gasteiger partial charge in [-0.1, -0.05) is 51.5 Å². The molecule has 0 unspecified atom stereocenters. The highest BCUT2D eigenvalue weighted by Crippen LogP contribution is 2.43. The number of carbonyl (C=O) groups is 2. The van der Waals surface area contributed by atoms with Crippen molar-refractivity contribution < 1.29 is 19.4 Å². The number of unbranched alkanes of at least 4 members (excludes halogenated alkanes) is 1. The molecule has 0 radical (unpaired) electrons. The molecule has 35 heavy (non-hydrogen) atoms. The normalized spacial score (nSPS) is 22.4. The van der Waals surface area contributed by atoms with Crippen molar-refractivity contribution in [1.29, 1.82) is 0 Å². The SMILES string of the molecule is C/C=C/C(C)(C)C[C@H]1[C@H](C(=O)O)[C@@H](c2ccc3c(c2)CCO3)CN1CC(=O)N(CCN)CCCC. The van der Waals surface area contributed by atoms with Gasteiger partial charge >= 0.3 is 5.97 Å². The Kier molecular flexibility index (Phi) is 9.36. The third-order valence-electron chi connectivity index (χ3n) is 7.40. The number of allylic oxidation sites excluding steroid dienone is 2. The second-order valence-electron chi connectivity index (χ2n) is 10.6. The van der Waals surface area contributed by atoms with Crippen molar-refractivity contribution in [2.45, 2.75) is 65.3 Å². The van der Waals surface area contributed by atoms with Gasteiger partial charge in [-0.05, 0) is 42.4 Å². The minimum atomic E-state index is -0.798. The fourth-order valence-corrected chi connectivity index (χ4v) is 5.72. The van der Waals surface area contributed by atoms with Gasteiger partial charge in [0.15, 0.2) is 0 Å². The van der Waals surface area contributed by atoms with Crippen LogP contribution in [0.15, 0.2) is 30.4 Å².